The highest BCUT2D eigenvalue weighted by molar-refractivity contribution is 4.75. The van der Waals surface area contributed by atoms with Crippen molar-refractivity contribution in [1.29, 1.82) is 0 Å². The SMILES string of the molecule is CCC(CO)(CO)COCOCOC. The van der Waals surface area contributed by atoms with Crippen LogP contribution in [-0.4, -0.2) is 50.7 Å². The Labute approximate surface area is 84.6 Å². The zero-order chi connectivity index (χ0) is 10.9. The molecule has 0 bridgehead atoms. The van der Waals surface area contributed by atoms with Crippen LogP contribution in [-0.2, 0) is 14.2 Å². The van der Waals surface area contributed by atoms with Crippen molar-refractivity contribution >= 4 is 0 Å². The molecule has 2 N–H and O–H groups in total. The molecule has 5 nitrogen and oxygen atoms in total. The fourth-order valence-electron chi connectivity index (χ4n) is 0.901. The van der Waals surface area contributed by atoms with E-state index in [0.29, 0.717) is 6.42 Å². The third kappa shape index (κ3) is 4.88. The van der Waals surface area contributed by atoms with Crippen LogP contribution in [0.5, 0.6) is 0 Å². The van der Waals surface area contributed by atoms with Crippen molar-refractivity contribution in [2.24, 2.45) is 5.41 Å². The molecule has 0 radical (unpaired) electrons. The molecular formula is C9H20O5. The molecule has 0 rings (SSSR count). The fourth-order valence-corrected chi connectivity index (χ4v) is 0.901. The van der Waals surface area contributed by atoms with E-state index in [1.54, 1.807) is 0 Å². The van der Waals surface area contributed by atoms with E-state index in [9.17, 15) is 0 Å². The van der Waals surface area contributed by atoms with Gasteiger partial charge in [-0.25, -0.2) is 0 Å². The minimum absolute atomic E-state index is 0.0930. The lowest BCUT2D eigenvalue weighted by Gasteiger charge is -2.27. The molecule has 0 spiro atoms. The summed E-state index contributed by atoms with van der Waals surface area (Å²) in [6.45, 7) is 2.27. The first kappa shape index (κ1) is 13.8. The van der Waals surface area contributed by atoms with E-state index in [1.807, 2.05) is 6.92 Å². The van der Waals surface area contributed by atoms with Gasteiger partial charge in [-0.05, 0) is 6.42 Å². The Hall–Kier alpha value is -0.200. The first-order valence-electron chi connectivity index (χ1n) is 4.61. The molecule has 0 aromatic heterocycles. The van der Waals surface area contributed by atoms with Crippen LogP contribution in [0.25, 0.3) is 0 Å². The van der Waals surface area contributed by atoms with E-state index < -0.39 is 5.41 Å². The average Bonchev–Trinajstić information content (AvgIpc) is 2.24. The number of methoxy groups -OCH3 is 1. The van der Waals surface area contributed by atoms with Gasteiger partial charge in [0.15, 0.2) is 0 Å². The molecule has 0 saturated carbocycles. The molecule has 0 unspecified atom stereocenters. The van der Waals surface area contributed by atoms with Crippen LogP contribution >= 0.6 is 0 Å². The zero-order valence-corrected chi connectivity index (χ0v) is 8.86. The van der Waals surface area contributed by atoms with Gasteiger partial charge in [0, 0.05) is 12.5 Å². The summed E-state index contributed by atoms with van der Waals surface area (Å²) in [5.41, 5.74) is -0.559. The highest BCUT2D eigenvalue weighted by Crippen LogP contribution is 2.20. The first-order chi connectivity index (χ1) is 6.74. The van der Waals surface area contributed by atoms with Crippen LogP contribution < -0.4 is 0 Å². The van der Waals surface area contributed by atoms with Crippen LogP contribution in [0.3, 0.4) is 0 Å². The van der Waals surface area contributed by atoms with Gasteiger partial charge in [0.1, 0.15) is 13.6 Å². The lowest BCUT2D eigenvalue weighted by Crippen LogP contribution is -2.34. The second-order valence-corrected chi connectivity index (χ2v) is 3.25. The smallest absolute Gasteiger partial charge is 0.149 e. The van der Waals surface area contributed by atoms with Gasteiger partial charge in [0.2, 0.25) is 0 Å². The van der Waals surface area contributed by atoms with Crippen molar-refractivity contribution in [1.82, 2.24) is 0 Å². The number of aliphatic hydroxyl groups is 2. The molecule has 0 saturated heterocycles. The van der Waals surface area contributed by atoms with E-state index in [4.69, 9.17) is 19.7 Å². The van der Waals surface area contributed by atoms with Gasteiger partial charge in [-0.2, -0.15) is 0 Å². The number of hydrogen-bond acceptors (Lipinski definition) is 5. The molecule has 0 aromatic carbocycles. The Morgan fingerprint density at radius 1 is 1.07 bits per heavy atom. The normalized spacial score (nSPS) is 12.0. The summed E-state index contributed by atoms with van der Waals surface area (Å²) in [6, 6.07) is 0. The molecule has 86 valence electrons. The van der Waals surface area contributed by atoms with E-state index in [0.717, 1.165) is 0 Å². The summed E-state index contributed by atoms with van der Waals surface area (Å²) in [7, 11) is 1.53. The molecule has 0 aliphatic rings. The Bertz CT molecular complexity index is 116. The summed E-state index contributed by atoms with van der Waals surface area (Å²) < 4.78 is 14.7. The van der Waals surface area contributed by atoms with Gasteiger partial charge in [-0.15, -0.1) is 0 Å². The quantitative estimate of drug-likeness (QED) is 0.411. The molecule has 0 heterocycles. The lowest BCUT2D eigenvalue weighted by atomic mass is 9.88. The van der Waals surface area contributed by atoms with Gasteiger partial charge in [-0.3, -0.25) is 0 Å². The second kappa shape index (κ2) is 8.14. The minimum atomic E-state index is -0.559. The predicted molar refractivity (Wildman–Crippen MR) is 50.7 cm³/mol. The molecule has 0 aromatic rings. The molecule has 0 aliphatic heterocycles. The summed E-state index contributed by atoms with van der Waals surface area (Å²) in [5, 5.41) is 18.1. The van der Waals surface area contributed by atoms with Gasteiger partial charge in [0.05, 0.1) is 19.8 Å². The third-order valence-electron chi connectivity index (χ3n) is 2.20. The highest BCUT2D eigenvalue weighted by atomic mass is 16.7. The Balaban J connectivity index is 3.61. The fraction of sp³-hybridized carbons (Fsp3) is 1.00. The Morgan fingerprint density at radius 3 is 2.14 bits per heavy atom. The van der Waals surface area contributed by atoms with E-state index >= 15 is 0 Å². The Morgan fingerprint density at radius 2 is 1.71 bits per heavy atom. The number of rotatable bonds is 9. The van der Waals surface area contributed by atoms with E-state index in [-0.39, 0.29) is 33.4 Å². The molecule has 0 aliphatic carbocycles. The van der Waals surface area contributed by atoms with Crippen molar-refractivity contribution in [3.05, 3.63) is 0 Å². The van der Waals surface area contributed by atoms with Crippen molar-refractivity contribution in [3.8, 4) is 0 Å². The van der Waals surface area contributed by atoms with E-state index in [2.05, 4.69) is 4.74 Å². The van der Waals surface area contributed by atoms with Crippen LogP contribution in [0.15, 0.2) is 0 Å². The number of aliphatic hydroxyl groups excluding tert-OH is 2. The maximum absolute atomic E-state index is 9.07. The highest BCUT2D eigenvalue weighted by Gasteiger charge is 2.26. The molecular weight excluding hydrogens is 188 g/mol. The monoisotopic (exact) mass is 208 g/mol. The molecule has 5 heteroatoms. The van der Waals surface area contributed by atoms with Crippen molar-refractivity contribution in [3.63, 3.8) is 0 Å². The summed E-state index contributed by atoms with van der Waals surface area (Å²) >= 11 is 0. The maximum atomic E-state index is 9.07. The maximum Gasteiger partial charge on any atom is 0.149 e. The summed E-state index contributed by atoms with van der Waals surface area (Å²) in [4.78, 5) is 0. The van der Waals surface area contributed by atoms with Crippen molar-refractivity contribution in [2.75, 3.05) is 40.5 Å². The number of ether oxygens (including phenoxy) is 3. The van der Waals surface area contributed by atoms with Crippen molar-refractivity contribution in [2.45, 2.75) is 13.3 Å². The van der Waals surface area contributed by atoms with Gasteiger partial charge >= 0.3 is 0 Å². The molecule has 0 amide bonds. The molecule has 14 heavy (non-hydrogen) atoms. The van der Waals surface area contributed by atoms with Crippen LogP contribution in [0, 0.1) is 5.41 Å². The predicted octanol–water partition coefficient (Wildman–Crippen LogP) is -0.0380. The van der Waals surface area contributed by atoms with Crippen LogP contribution in [0.1, 0.15) is 13.3 Å². The zero-order valence-electron chi connectivity index (χ0n) is 8.86. The lowest BCUT2D eigenvalue weighted by molar-refractivity contribution is -0.144. The second-order valence-electron chi connectivity index (χ2n) is 3.25. The van der Waals surface area contributed by atoms with Crippen molar-refractivity contribution < 1.29 is 24.4 Å². The Kier molecular flexibility index (Phi) is 8.02. The van der Waals surface area contributed by atoms with Gasteiger partial charge in [0.25, 0.3) is 0 Å². The van der Waals surface area contributed by atoms with Gasteiger partial charge < -0.3 is 24.4 Å². The topological polar surface area (TPSA) is 68.2 Å². The first-order valence-corrected chi connectivity index (χ1v) is 4.61. The van der Waals surface area contributed by atoms with Crippen LogP contribution in [0.4, 0.5) is 0 Å². The molecule has 0 fully saturated rings. The summed E-state index contributed by atoms with van der Waals surface area (Å²) in [5.74, 6) is 0. The standard InChI is InChI=1S/C9H20O5/c1-3-9(4-10,5-11)6-13-8-14-7-12-2/h10-11H,3-8H2,1-2H3. The molecule has 0 atom stereocenters. The van der Waals surface area contributed by atoms with Crippen LogP contribution in [0.2, 0.25) is 0 Å². The minimum Gasteiger partial charge on any atom is -0.396 e. The van der Waals surface area contributed by atoms with Gasteiger partial charge in [-0.1, -0.05) is 6.92 Å². The van der Waals surface area contributed by atoms with E-state index in [1.165, 1.54) is 7.11 Å². The average molecular weight is 208 g/mol. The summed E-state index contributed by atoms with van der Waals surface area (Å²) in [6.07, 6.45) is 0.657. The number of hydrogen-bond donors (Lipinski definition) is 2. The largest absolute Gasteiger partial charge is 0.396 e. The third-order valence-corrected chi connectivity index (χ3v) is 2.20.